The van der Waals surface area contributed by atoms with E-state index in [0.717, 1.165) is 12.8 Å². The fourth-order valence-corrected chi connectivity index (χ4v) is 4.42. The molecule has 5 nitrogen and oxygen atoms in total. The highest BCUT2D eigenvalue weighted by atomic mass is 35.7. The zero-order valence-electron chi connectivity index (χ0n) is 20.7. The lowest BCUT2D eigenvalue weighted by atomic mass is 10.1. The van der Waals surface area contributed by atoms with Crippen LogP contribution in [0.3, 0.4) is 0 Å². The van der Waals surface area contributed by atoms with E-state index in [-0.39, 0.29) is 6.42 Å². The lowest BCUT2D eigenvalue weighted by Gasteiger charge is -2.29. The Morgan fingerprint density at radius 3 is 1.67 bits per heavy atom. The molecular formula is C21H44BClF4NO4P. The Balaban J connectivity index is 0. The Labute approximate surface area is 203 Å². The second-order valence-corrected chi connectivity index (χ2v) is 11.0. The van der Waals surface area contributed by atoms with Crippen LogP contribution < -0.4 is 0 Å². The molecule has 0 saturated heterocycles. The highest BCUT2D eigenvalue weighted by Crippen LogP contribution is 2.45. The first-order chi connectivity index (χ1) is 15.2. The average Bonchev–Trinajstić information content (AvgIpc) is 2.62. The Morgan fingerprint density at radius 1 is 0.909 bits per heavy atom. The van der Waals surface area contributed by atoms with Crippen molar-refractivity contribution < 1.29 is 40.7 Å². The van der Waals surface area contributed by atoms with Crippen molar-refractivity contribution in [2.45, 2.75) is 96.5 Å². The smallest absolute Gasteiger partial charge is 0.481 e. The topological polar surface area (TPSA) is 55.8 Å². The van der Waals surface area contributed by atoms with Crippen LogP contribution in [0.15, 0.2) is 0 Å². The number of carboxylic acids is 1. The van der Waals surface area contributed by atoms with Gasteiger partial charge in [-0.05, 0) is 17.7 Å². The summed E-state index contributed by atoms with van der Waals surface area (Å²) in [5.74, 6) is -0.875. The maximum absolute atomic E-state index is 11.0. The minimum Gasteiger partial charge on any atom is -0.481 e. The van der Waals surface area contributed by atoms with Crippen molar-refractivity contribution in [3.05, 3.63) is 0 Å². The molecule has 2 atom stereocenters. The van der Waals surface area contributed by atoms with Crippen LogP contribution in [0.1, 0.15) is 90.4 Å². The predicted molar refractivity (Wildman–Crippen MR) is 130 cm³/mol. The summed E-state index contributed by atoms with van der Waals surface area (Å²) < 4.78 is 50.8. The number of quaternary nitrogens is 1. The maximum Gasteiger partial charge on any atom is 0.673 e. The lowest BCUT2D eigenvalue weighted by Crippen LogP contribution is -2.42. The van der Waals surface area contributed by atoms with Gasteiger partial charge in [0.1, 0.15) is 12.6 Å². The molecule has 0 bridgehead atoms. The molecule has 0 radical (unpaired) electrons. The van der Waals surface area contributed by atoms with Gasteiger partial charge in [0.2, 0.25) is 0 Å². The molecule has 0 aliphatic rings. The molecule has 0 aromatic rings. The van der Waals surface area contributed by atoms with Crippen molar-refractivity contribution in [3.8, 4) is 0 Å². The van der Waals surface area contributed by atoms with Crippen molar-refractivity contribution in [2.24, 2.45) is 0 Å². The Hall–Kier alpha value is -0.145. The number of rotatable bonds is 20. The van der Waals surface area contributed by atoms with Gasteiger partial charge in [-0.3, -0.25) is 4.79 Å². The normalized spacial score (nSPS) is 13.8. The van der Waals surface area contributed by atoms with Gasteiger partial charge in [0, 0.05) is 0 Å². The number of hydrogen-bond donors (Lipinski definition) is 1. The molecule has 0 aliphatic carbocycles. The third-order valence-electron chi connectivity index (χ3n) is 4.58. The molecule has 0 saturated carbocycles. The quantitative estimate of drug-likeness (QED) is 0.0572. The summed E-state index contributed by atoms with van der Waals surface area (Å²) in [4.78, 5) is 11.0. The molecule has 0 aromatic heterocycles. The standard InChI is InChI=1S/C21H43ClNO4P.BF4/c1-5-6-7-8-9-10-11-12-13-14-15-16-17-26-28(22)27-20(18-21(24)25)19-23(2,3)4;2-1(3,4)5/h20H,5-19H2,1-4H3;/q;-1/p+1/t20-,28?;/m1./s1. The van der Waals surface area contributed by atoms with E-state index >= 15 is 0 Å². The van der Waals surface area contributed by atoms with E-state index < -0.39 is 27.1 Å². The first kappa shape index (κ1) is 35.0. The number of hydrogen-bond acceptors (Lipinski definition) is 3. The van der Waals surface area contributed by atoms with Crippen LogP contribution in [-0.4, -0.2) is 63.2 Å². The van der Waals surface area contributed by atoms with E-state index in [0.29, 0.717) is 17.6 Å². The molecule has 1 N–H and O–H groups in total. The minimum absolute atomic E-state index is 0.0525. The van der Waals surface area contributed by atoms with Crippen molar-refractivity contribution in [2.75, 3.05) is 34.3 Å². The van der Waals surface area contributed by atoms with Gasteiger partial charge < -0.3 is 35.9 Å². The van der Waals surface area contributed by atoms with Crippen LogP contribution in [0.25, 0.3) is 0 Å². The largest absolute Gasteiger partial charge is 0.673 e. The van der Waals surface area contributed by atoms with Crippen molar-refractivity contribution >= 4 is 32.2 Å². The summed E-state index contributed by atoms with van der Waals surface area (Å²) in [6.07, 6.45) is 15.2. The van der Waals surface area contributed by atoms with E-state index in [1.807, 2.05) is 21.1 Å². The first-order valence-electron chi connectivity index (χ1n) is 11.9. The molecule has 0 aromatic carbocycles. The molecule has 0 heterocycles. The molecule has 0 amide bonds. The van der Waals surface area contributed by atoms with E-state index in [1.54, 1.807) is 0 Å². The fraction of sp³-hybridized carbons (Fsp3) is 0.952. The van der Waals surface area contributed by atoms with Gasteiger partial charge >= 0.3 is 13.2 Å². The molecule has 0 aliphatic heterocycles. The number of halogens is 5. The summed E-state index contributed by atoms with van der Waals surface area (Å²) >= 11 is 6.15. The Morgan fingerprint density at radius 2 is 1.30 bits per heavy atom. The van der Waals surface area contributed by atoms with Crippen LogP contribution in [0.2, 0.25) is 0 Å². The van der Waals surface area contributed by atoms with Gasteiger partial charge in [0.05, 0.1) is 34.2 Å². The van der Waals surface area contributed by atoms with Gasteiger partial charge in [-0.1, -0.05) is 77.6 Å². The number of unbranched alkanes of at least 4 members (excludes halogenated alkanes) is 11. The third kappa shape index (κ3) is 36.6. The molecule has 0 spiro atoms. The second-order valence-electron chi connectivity index (χ2n) is 9.23. The summed E-state index contributed by atoms with van der Waals surface area (Å²) in [6.45, 7) is 3.42. The molecule has 0 fully saturated rings. The molecule has 0 rings (SSSR count). The number of nitrogens with zero attached hydrogens (tertiary/aromatic N) is 1. The molecule has 200 valence electrons. The highest BCUT2D eigenvalue weighted by molar-refractivity contribution is 7.76. The number of carboxylic acid groups (broad SMARTS) is 1. The molecule has 12 heteroatoms. The van der Waals surface area contributed by atoms with Gasteiger partial charge in [-0.15, -0.1) is 0 Å². The second kappa shape index (κ2) is 21.2. The van der Waals surface area contributed by atoms with Crippen molar-refractivity contribution in [1.29, 1.82) is 0 Å². The number of likely N-dealkylation sites (N-methyl/N-ethyl adjacent to an activating group) is 1. The molecule has 1 unspecified atom stereocenters. The molecular weight excluding hydrogens is 483 g/mol. The van der Waals surface area contributed by atoms with E-state index in [9.17, 15) is 22.1 Å². The van der Waals surface area contributed by atoms with Crippen LogP contribution in [0.4, 0.5) is 17.3 Å². The number of aliphatic carboxylic acids is 1. The lowest BCUT2D eigenvalue weighted by molar-refractivity contribution is -0.873. The van der Waals surface area contributed by atoms with Crippen LogP contribution in [0.5, 0.6) is 0 Å². The van der Waals surface area contributed by atoms with Crippen LogP contribution in [0, 0.1) is 0 Å². The molecule has 33 heavy (non-hydrogen) atoms. The van der Waals surface area contributed by atoms with E-state index in [2.05, 4.69) is 6.92 Å². The first-order valence-corrected chi connectivity index (χ1v) is 14.0. The number of carbonyl (C=O) groups is 1. The van der Waals surface area contributed by atoms with E-state index in [1.165, 1.54) is 64.2 Å². The van der Waals surface area contributed by atoms with Crippen molar-refractivity contribution in [3.63, 3.8) is 0 Å². The third-order valence-corrected chi connectivity index (χ3v) is 5.96. The summed E-state index contributed by atoms with van der Waals surface area (Å²) in [6, 6.07) is 0. The van der Waals surface area contributed by atoms with Gasteiger partial charge in [0.25, 0.3) is 7.73 Å². The summed E-state index contributed by atoms with van der Waals surface area (Å²) in [7, 11) is -1.54. The Bertz CT molecular complexity index is 469. The SMILES string of the molecule is CCCCCCCCCCCCCCOP(Cl)O[C@H](CC(=O)O)C[N+](C)(C)C.F[B-](F)(F)F. The van der Waals surface area contributed by atoms with Gasteiger partial charge in [-0.25, -0.2) is 0 Å². The Kier molecular flexibility index (Phi) is 22.5. The van der Waals surface area contributed by atoms with Gasteiger partial charge in [-0.2, -0.15) is 0 Å². The van der Waals surface area contributed by atoms with Crippen LogP contribution >= 0.6 is 19.0 Å². The fourth-order valence-electron chi connectivity index (χ4n) is 3.17. The van der Waals surface area contributed by atoms with Gasteiger partial charge in [0.15, 0.2) is 0 Å². The zero-order chi connectivity index (χ0) is 25.8. The summed E-state index contributed by atoms with van der Waals surface area (Å²) in [5.41, 5.74) is 0. The highest BCUT2D eigenvalue weighted by Gasteiger charge is 2.25. The van der Waals surface area contributed by atoms with Crippen molar-refractivity contribution in [1.82, 2.24) is 0 Å². The monoisotopic (exact) mass is 527 g/mol. The van der Waals surface area contributed by atoms with Crippen LogP contribution in [-0.2, 0) is 13.8 Å². The predicted octanol–water partition coefficient (Wildman–Crippen LogP) is 8.04. The van der Waals surface area contributed by atoms with E-state index in [4.69, 9.17) is 25.4 Å². The average molecular weight is 528 g/mol. The summed E-state index contributed by atoms with van der Waals surface area (Å²) in [5, 5.41) is 9.03. The minimum atomic E-state index is -6.00. The maximum atomic E-state index is 11.0. The zero-order valence-corrected chi connectivity index (χ0v) is 22.4.